The number of aromatic nitrogens is 2. The van der Waals surface area contributed by atoms with Gasteiger partial charge in [0.15, 0.2) is 0 Å². The van der Waals surface area contributed by atoms with Crippen molar-refractivity contribution in [3.05, 3.63) is 24.0 Å². The van der Waals surface area contributed by atoms with Crippen LogP contribution >= 0.6 is 11.8 Å². The van der Waals surface area contributed by atoms with Gasteiger partial charge in [-0.3, -0.25) is 0 Å². The summed E-state index contributed by atoms with van der Waals surface area (Å²) in [6.07, 6.45) is 5.50. The van der Waals surface area contributed by atoms with Crippen LogP contribution in [-0.4, -0.2) is 21.6 Å². The van der Waals surface area contributed by atoms with Crippen LogP contribution in [0.3, 0.4) is 0 Å². The molecule has 0 radical (unpaired) electrons. The molecule has 0 aliphatic rings. The molecular weight excluding hydrogens is 242 g/mol. The lowest BCUT2D eigenvalue weighted by Crippen LogP contribution is -2.04. The number of aryl methyl sites for hydroxylation is 2. The zero-order chi connectivity index (χ0) is 13.0. The number of rotatable bonds is 6. The first kappa shape index (κ1) is 13.3. The number of hydrogen-bond donors (Lipinski definition) is 1. The molecule has 0 saturated heterocycles. The van der Waals surface area contributed by atoms with E-state index in [9.17, 15) is 0 Å². The summed E-state index contributed by atoms with van der Waals surface area (Å²) in [5.74, 6) is 2.39. The third-order valence-corrected chi connectivity index (χ3v) is 3.75. The van der Waals surface area contributed by atoms with Crippen molar-refractivity contribution >= 4 is 28.5 Å². The molecule has 4 heteroatoms. The van der Waals surface area contributed by atoms with E-state index < -0.39 is 0 Å². The van der Waals surface area contributed by atoms with E-state index in [1.54, 1.807) is 0 Å². The van der Waals surface area contributed by atoms with E-state index in [4.69, 9.17) is 10.7 Å². The Morgan fingerprint density at radius 1 is 1.39 bits per heavy atom. The Bertz CT molecular complexity index is 519. The SMILES string of the molecule is CCCc1nc2cc(N)ccc2n1CCCSC. The van der Waals surface area contributed by atoms with E-state index in [0.29, 0.717) is 0 Å². The highest BCUT2D eigenvalue weighted by molar-refractivity contribution is 7.98. The topological polar surface area (TPSA) is 43.8 Å². The van der Waals surface area contributed by atoms with Crippen molar-refractivity contribution in [2.45, 2.75) is 32.7 Å². The quantitative estimate of drug-likeness (QED) is 0.642. The summed E-state index contributed by atoms with van der Waals surface area (Å²) in [5.41, 5.74) is 8.86. The first-order chi connectivity index (χ1) is 8.76. The molecule has 3 nitrogen and oxygen atoms in total. The lowest BCUT2D eigenvalue weighted by Gasteiger charge is -2.08. The minimum atomic E-state index is 0.791. The third kappa shape index (κ3) is 2.80. The summed E-state index contributed by atoms with van der Waals surface area (Å²) >= 11 is 1.90. The van der Waals surface area contributed by atoms with Crippen molar-refractivity contribution in [3.8, 4) is 0 Å². The van der Waals surface area contributed by atoms with Crippen LogP contribution in [0.25, 0.3) is 11.0 Å². The van der Waals surface area contributed by atoms with Gasteiger partial charge in [0.05, 0.1) is 11.0 Å². The van der Waals surface area contributed by atoms with Crippen LogP contribution in [0.2, 0.25) is 0 Å². The second-order valence-electron chi connectivity index (χ2n) is 4.52. The lowest BCUT2D eigenvalue weighted by molar-refractivity contribution is 0.650. The van der Waals surface area contributed by atoms with Crippen molar-refractivity contribution in [2.24, 2.45) is 0 Å². The largest absolute Gasteiger partial charge is 0.399 e. The maximum absolute atomic E-state index is 5.83. The van der Waals surface area contributed by atoms with Gasteiger partial charge < -0.3 is 10.3 Å². The number of anilines is 1. The van der Waals surface area contributed by atoms with Crippen molar-refractivity contribution in [1.29, 1.82) is 0 Å². The Morgan fingerprint density at radius 3 is 2.94 bits per heavy atom. The molecule has 0 aliphatic heterocycles. The Balaban J connectivity index is 2.35. The first-order valence-corrected chi connectivity index (χ1v) is 7.89. The van der Waals surface area contributed by atoms with E-state index in [2.05, 4.69) is 23.8 Å². The molecule has 0 fully saturated rings. The van der Waals surface area contributed by atoms with Gasteiger partial charge in [-0.15, -0.1) is 0 Å². The summed E-state index contributed by atoms with van der Waals surface area (Å²) in [7, 11) is 0. The van der Waals surface area contributed by atoms with Gasteiger partial charge in [0.25, 0.3) is 0 Å². The third-order valence-electron chi connectivity index (χ3n) is 3.06. The summed E-state index contributed by atoms with van der Waals surface area (Å²) < 4.78 is 2.36. The summed E-state index contributed by atoms with van der Waals surface area (Å²) in [6.45, 7) is 3.25. The fourth-order valence-corrected chi connectivity index (χ4v) is 2.65. The smallest absolute Gasteiger partial charge is 0.109 e. The minimum Gasteiger partial charge on any atom is -0.399 e. The number of nitrogens with two attached hydrogens (primary N) is 1. The fraction of sp³-hybridized carbons (Fsp3) is 0.500. The van der Waals surface area contributed by atoms with Crippen molar-refractivity contribution in [1.82, 2.24) is 9.55 Å². The van der Waals surface area contributed by atoms with Crippen LogP contribution in [0.5, 0.6) is 0 Å². The van der Waals surface area contributed by atoms with Crippen LogP contribution in [0, 0.1) is 0 Å². The summed E-state index contributed by atoms with van der Waals surface area (Å²) in [6, 6.07) is 6.03. The van der Waals surface area contributed by atoms with Gasteiger partial charge in [-0.1, -0.05) is 6.92 Å². The van der Waals surface area contributed by atoms with E-state index in [0.717, 1.165) is 30.6 Å². The molecule has 1 aromatic carbocycles. The maximum atomic E-state index is 5.83. The van der Waals surface area contributed by atoms with Gasteiger partial charge in [-0.25, -0.2) is 4.98 Å². The fourth-order valence-electron chi connectivity index (χ4n) is 2.23. The van der Waals surface area contributed by atoms with Crippen LogP contribution in [0.4, 0.5) is 5.69 Å². The second kappa shape index (κ2) is 6.14. The van der Waals surface area contributed by atoms with Gasteiger partial charge in [0.2, 0.25) is 0 Å². The monoisotopic (exact) mass is 263 g/mol. The number of thioether (sulfide) groups is 1. The molecule has 2 N–H and O–H groups in total. The average molecular weight is 263 g/mol. The molecule has 98 valence electrons. The van der Waals surface area contributed by atoms with E-state index in [1.165, 1.54) is 23.5 Å². The predicted octanol–water partition coefficient (Wildman–Crippen LogP) is 3.32. The Morgan fingerprint density at radius 2 is 2.22 bits per heavy atom. The average Bonchev–Trinajstić information content (AvgIpc) is 2.67. The van der Waals surface area contributed by atoms with Gasteiger partial charge >= 0.3 is 0 Å². The first-order valence-electron chi connectivity index (χ1n) is 6.49. The van der Waals surface area contributed by atoms with E-state index >= 15 is 0 Å². The number of benzene rings is 1. The molecule has 1 heterocycles. The van der Waals surface area contributed by atoms with Crippen molar-refractivity contribution in [2.75, 3.05) is 17.7 Å². The highest BCUT2D eigenvalue weighted by atomic mass is 32.2. The van der Waals surface area contributed by atoms with Crippen molar-refractivity contribution < 1.29 is 0 Å². The van der Waals surface area contributed by atoms with Crippen LogP contribution in [0.1, 0.15) is 25.6 Å². The van der Waals surface area contributed by atoms with E-state index in [1.807, 2.05) is 23.9 Å². The minimum absolute atomic E-state index is 0.791. The normalized spacial score (nSPS) is 11.2. The number of imidazole rings is 1. The number of hydrogen-bond acceptors (Lipinski definition) is 3. The van der Waals surface area contributed by atoms with Gasteiger partial charge in [-0.2, -0.15) is 11.8 Å². The molecule has 2 rings (SSSR count). The van der Waals surface area contributed by atoms with Crippen LogP contribution in [0.15, 0.2) is 18.2 Å². The predicted molar refractivity (Wildman–Crippen MR) is 81.1 cm³/mol. The summed E-state index contributed by atoms with van der Waals surface area (Å²) in [5, 5.41) is 0. The van der Waals surface area contributed by atoms with Gasteiger partial charge in [-0.05, 0) is 43.0 Å². The second-order valence-corrected chi connectivity index (χ2v) is 5.51. The highest BCUT2D eigenvalue weighted by Crippen LogP contribution is 2.20. The molecule has 0 unspecified atom stereocenters. The zero-order valence-corrected chi connectivity index (χ0v) is 12.0. The van der Waals surface area contributed by atoms with Gasteiger partial charge in [0.1, 0.15) is 5.82 Å². The standard InChI is InChI=1S/C14H21N3S/c1-3-5-14-16-12-10-11(15)6-7-13(12)17(14)8-4-9-18-2/h6-7,10H,3-5,8-9,15H2,1-2H3. The zero-order valence-electron chi connectivity index (χ0n) is 11.1. The lowest BCUT2D eigenvalue weighted by atomic mass is 10.3. The van der Waals surface area contributed by atoms with Crippen molar-refractivity contribution in [3.63, 3.8) is 0 Å². The Labute approximate surface area is 113 Å². The summed E-state index contributed by atoms with van der Waals surface area (Å²) in [4.78, 5) is 4.72. The molecule has 1 aromatic heterocycles. The molecule has 0 saturated carbocycles. The molecule has 18 heavy (non-hydrogen) atoms. The highest BCUT2D eigenvalue weighted by Gasteiger charge is 2.09. The Hall–Kier alpha value is -1.16. The molecule has 0 atom stereocenters. The molecule has 2 aromatic rings. The number of nitrogen functional groups attached to an aromatic ring is 1. The Kier molecular flexibility index (Phi) is 4.53. The molecular formula is C14H21N3S. The van der Waals surface area contributed by atoms with Crippen LogP contribution in [-0.2, 0) is 13.0 Å². The molecule has 0 aliphatic carbocycles. The molecule has 0 amide bonds. The number of nitrogens with zero attached hydrogens (tertiary/aromatic N) is 2. The molecule has 0 bridgehead atoms. The van der Waals surface area contributed by atoms with E-state index in [-0.39, 0.29) is 0 Å². The molecule has 0 spiro atoms. The number of fused-ring (bicyclic) bond motifs is 1. The van der Waals surface area contributed by atoms with Gasteiger partial charge in [0, 0.05) is 18.7 Å². The van der Waals surface area contributed by atoms with Crippen LogP contribution < -0.4 is 5.73 Å². The maximum Gasteiger partial charge on any atom is 0.109 e.